The lowest BCUT2D eigenvalue weighted by Gasteiger charge is -2.03. The summed E-state index contributed by atoms with van der Waals surface area (Å²) in [4.78, 5) is 4.02. The van der Waals surface area contributed by atoms with Gasteiger partial charge in [-0.2, -0.15) is 5.10 Å². The first-order valence-electron chi connectivity index (χ1n) is 4.85. The lowest BCUT2D eigenvalue weighted by atomic mass is 10.2. The van der Waals surface area contributed by atoms with Crippen LogP contribution in [0.5, 0.6) is 11.5 Å². The maximum atomic E-state index is 9.42. The number of nitrogens with zero attached hydrogens (tertiary/aromatic N) is 2. The molecule has 0 aliphatic heterocycles. The standard InChI is InChI=1S/C11H11N3O2S/c1-16-10-6-8(2-3-9(10)15)7-13-14-11-12-4-5-17-11/h2-7,15H,1H3,(H,12,14). The molecule has 0 unspecified atom stereocenters. The van der Waals surface area contributed by atoms with Gasteiger partial charge in [0.25, 0.3) is 0 Å². The second-order valence-corrected chi connectivity index (χ2v) is 4.03. The molecule has 17 heavy (non-hydrogen) atoms. The van der Waals surface area contributed by atoms with Gasteiger partial charge in [0.05, 0.1) is 13.3 Å². The number of rotatable bonds is 4. The number of aromatic hydroxyl groups is 1. The molecule has 0 aliphatic carbocycles. The van der Waals surface area contributed by atoms with Crippen LogP contribution in [0.3, 0.4) is 0 Å². The molecular weight excluding hydrogens is 238 g/mol. The highest BCUT2D eigenvalue weighted by Gasteiger charge is 2.00. The van der Waals surface area contributed by atoms with E-state index < -0.39 is 0 Å². The van der Waals surface area contributed by atoms with Crippen molar-refractivity contribution in [1.82, 2.24) is 4.98 Å². The number of phenols is 1. The van der Waals surface area contributed by atoms with Crippen LogP contribution in [-0.4, -0.2) is 23.4 Å². The van der Waals surface area contributed by atoms with Gasteiger partial charge in [-0.3, -0.25) is 5.43 Å². The van der Waals surface area contributed by atoms with Gasteiger partial charge in [0.15, 0.2) is 11.5 Å². The second kappa shape index (κ2) is 5.31. The van der Waals surface area contributed by atoms with Crippen molar-refractivity contribution in [3.63, 3.8) is 0 Å². The Hall–Kier alpha value is -2.08. The largest absolute Gasteiger partial charge is 0.504 e. The second-order valence-electron chi connectivity index (χ2n) is 3.14. The van der Waals surface area contributed by atoms with Crippen molar-refractivity contribution in [3.05, 3.63) is 35.3 Å². The maximum Gasteiger partial charge on any atom is 0.203 e. The van der Waals surface area contributed by atoms with Crippen LogP contribution in [0.2, 0.25) is 0 Å². The van der Waals surface area contributed by atoms with Gasteiger partial charge in [0.2, 0.25) is 5.13 Å². The Labute approximate surface area is 102 Å². The molecule has 0 fully saturated rings. The number of thiazole rings is 1. The van der Waals surface area contributed by atoms with E-state index in [1.807, 2.05) is 5.38 Å². The minimum absolute atomic E-state index is 0.109. The van der Waals surface area contributed by atoms with Crippen LogP contribution in [0.25, 0.3) is 0 Å². The first-order valence-corrected chi connectivity index (χ1v) is 5.73. The summed E-state index contributed by atoms with van der Waals surface area (Å²) in [5.41, 5.74) is 3.62. The van der Waals surface area contributed by atoms with Crippen LogP contribution >= 0.6 is 11.3 Å². The van der Waals surface area contributed by atoms with Gasteiger partial charge >= 0.3 is 0 Å². The number of methoxy groups -OCH3 is 1. The molecule has 0 amide bonds. The van der Waals surface area contributed by atoms with Crippen molar-refractivity contribution >= 4 is 22.7 Å². The summed E-state index contributed by atoms with van der Waals surface area (Å²) in [7, 11) is 1.50. The fourth-order valence-corrected chi connectivity index (χ4v) is 1.69. The number of anilines is 1. The lowest BCUT2D eigenvalue weighted by Crippen LogP contribution is -1.91. The maximum absolute atomic E-state index is 9.42. The predicted octanol–water partition coefficient (Wildman–Crippen LogP) is 2.30. The number of hydrazone groups is 1. The number of hydrogen-bond donors (Lipinski definition) is 2. The number of hydrogen-bond acceptors (Lipinski definition) is 6. The van der Waals surface area contributed by atoms with Crippen LogP contribution in [0.4, 0.5) is 5.13 Å². The Morgan fingerprint density at radius 1 is 1.53 bits per heavy atom. The van der Waals surface area contributed by atoms with Crippen molar-refractivity contribution in [2.45, 2.75) is 0 Å². The van der Waals surface area contributed by atoms with Crippen molar-refractivity contribution in [1.29, 1.82) is 0 Å². The van der Waals surface area contributed by atoms with Crippen LogP contribution in [-0.2, 0) is 0 Å². The summed E-state index contributed by atoms with van der Waals surface area (Å²) < 4.78 is 5.00. The summed E-state index contributed by atoms with van der Waals surface area (Å²) in [5, 5.41) is 16.0. The smallest absolute Gasteiger partial charge is 0.203 e. The van der Waals surface area contributed by atoms with E-state index in [2.05, 4.69) is 15.5 Å². The first-order chi connectivity index (χ1) is 8.29. The highest BCUT2D eigenvalue weighted by atomic mass is 32.1. The quantitative estimate of drug-likeness (QED) is 0.644. The molecule has 5 nitrogen and oxygen atoms in total. The molecule has 0 saturated heterocycles. The molecule has 0 spiro atoms. The molecule has 0 bridgehead atoms. The van der Waals surface area contributed by atoms with Gasteiger partial charge in [-0.15, -0.1) is 11.3 Å². The third kappa shape index (κ3) is 2.94. The molecule has 0 radical (unpaired) electrons. The van der Waals surface area contributed by atoms with Crippen LogP contribution in [0.1, 0.15) is 5.56 Å². The molecule has 88 valence electrons. The third-order valence-electron chi connectivity index (χ3n) is 2.01. The molecule has 0 saturated carbocycles. The number of nitrogens with one attached hydrogen (secondary N) is 1. The van der Waals surface area contributed by atoms with Gasteiger partial charge in [0.1, 0.15) is 0 Å². The number of benzene rings is 1. The van der Waals surface area contributed by atoms with E-state index in [9.17, 15) is 5.11 Å². The summed E-state index contributed by atoms with van der Waals surface area (Å²) in [6.07, 6.45) is 3.33. The molecule has 0 aliphatic rings. The van der Waals surface area contributed by atoms with E-state index in [1.165, 1.54) is 18.4 Å². The molecule has 1 heterocycles. The van der Waals surface area contributed by atoms with Gasteiger partial charge in [0, 0.05) is 11.6 Å². The average molecular weight is 249 g/mol. The van der Waals surface area contributed by atoms with Crippen molar-refractivity contribution in [3.8, 4) is 11.5 Å². The van der Waals surface area contributed by atoms with Crippen LogP contribution in [0, 0.1) is 0 Å². The topological polar surface area (TPSA) is 66.7 Å². The summed E-state index contributed by atoms with van der Waals surface area (Å²) in [6.45, 7) is 0. The molecule has 0 atom stereocenters. The van der Waals surface area contributed by atoms with E-state index in [0.717, 1.165) is 10.7 Å². The minimum atomic E-state index is 0.109. The van der Waals surface area contributed by atoms with E-state index in [-0.39, 0.29) is 5.75 Å². The van der Waals surface area contributed by atoms with Crippen LogP contribution < -0.4 is 10.2 Å². The highest BCUT2D eigenvalue weighted by Crippen LogP contribution is 2.25. The van der Waals surface area contributed by atoms with Crippen LogP contribution in [0.15, 0.2) is 34.9 Å². The molecular formula is C11H11N3O2S. The zero-order chi connectivity index (χ0) is 12.1. The molecule has 1 aromatic carbocycles. The average Bonchev–Trinajstić information content (AvgIpc) is 2.84. The van der Waals surface area contributed by atoms with E-state index >= 15 is 0 Å². The molecule has 2 N–H and O–H groups in total. The Bertz CT molecular complexity index is 511. The Balaban J connectivity index is 2.05. The molecule has 2 rings (SSSR count). The Morgan fingerprint density at radius 2 is 2.41 bits per heavy atom. The van der Waals surface area contributed by atoms with Crippen molar-refractivity contribution in [2.24, 2.45) is 5.10 Å². The zero-order valence-corrected chi connectivity index (χ0v) is 9.94. The number of ether oxygens (including phenoxy) is 1. The third-order valence-corrected chi connectivity index (χ3v) is 2.69. The lowest BCUT2D eigenvalue weighted by molar-refractivity contribution is 0.373. The predicted molar refractivity (Wildman–Crippen MR) is 68.0 cm³/mol. The van der Waals surface area contributed by atoms with Gasteiger partial charge < -0.3 is 9.84 Å². The first kappa shape index (κ1) is 11.4. The zero-order valence-electron chi connectivity index (χ0n) is 9.12. The van der Waals surface area contributed by atoms with E-state index in [0.29, 0.717) is 5.75 Å². The Kier molecular flexibility index (Phi) is 3.56. The normalized spacial score (nSPS) is 10.6. The summed E-state index contributed by atoms with van der Waals surface area (Å²) in [5.74, 6) is 0.528. The SMILES string of the molecule is COc1cc(C=NNc2nccs2)ccc1O. The summed E-state index contributed by atoms with van der Waals surface area (Å²) in [6, 6.07) is 5.00. The van der Waals surface area contributed by atoms with Gasteiger partial charge in [-0.1, -0.05) is 0 Å². The Morgan fingerprint density at radius 3 is 3.12 bits per heavy atom. The van der Waals surface area contributed by atoms with Crippen molar-refractivity contribution < 1.29 is 9.84 Å². The van der Waals surface area contributed by atoms with E-state index in [4.69, 9.17) is 4.74 Å². The molecule has 2 aromatic rings. The molecule has 6 heteroatoms. The minimum Gasteiger partial charge on any atom is -0.504 e. The fraction of sp³-hybridized carbons (Fsp3) is 0.0909. The summed E-state index contributed by atoms with van der Waals surface area (Å²) >= 11 is 1.47. The van der Waals surface area contributed by atoms with Crippen molar-refractivity contribution in [2.75, 3.05) is 12.5 Å². The number of phenolic OH excluding ortho intramolecular Hbond substituents is 1. The molecule has 1 aromatic heterocycles. The monoisotopic (exact) mass is 249 g/mol. The fourth-order valence-electron chi connectivity index (χ4n) is 1.22. The van der Waals surface area contributed by atoms with Gasteiger partial charge in [-0.05, 0) is 23.8 Å². The van der Waals surface area contributed by atoms with Gasteiger partial charge in [-0.25, -0.2) is 4.98 Å². The van der Waals surface area contributed by atoms with E-state index in [1.54, 1.807) is 30.6 Å². The number of aromatic nitrogens is 1. The highest BCUT2D eigenvalue weighted by molar-refractivity contribution is 7.13.